The van der Waals surface area contributed by atoms with Crippen molar-refractivity contribution in [2.45, 2.75) is 32.9 Å². The fourth-order valence-electron chi connectivity index (χ4n) is 1.93. The predicted octanol–water partition coefficient (Wildman–Crippen LogP) is 2.56. The van der Waals surface area contributed by atoms with Gasteiger partial charge in [0, 0.05) is 18.2 Å². The number of phenols is 1. The molecule has 3 N–H and O–H groups in total. The molecule has 1 atom stereocenters. The molecule has 1 aromatic heterocycles. The number of ether oxygens (including phenoxy) is 1. The Morgan fingerprint density at radius 3 is 2.55 bits per heavy atom. The molecule has 2 aromatic rings. The maximum atomic E-state index is 9.25. The molecule has 0 bridgehead atoms. The highest BCUT2D eigenvalue weighted by molar-refractivity contribution is 5.31. The van der Waals surface area contributed by atoms with Gasteiger partial charge in [-0.05, 0) is 43.7 Å². The normalized spacial score (nSPS) is 12.2. The van der Waals surface area contributed by atoms with E-state index in [0.29, 0.717) is 13.0 Å². The number of nitrogens with zero attached hydrogens (tertiary/aromatic N) is 1. The minimum Gasteiger partial charge on any atom is -0.508 e. The van der Waals surface area contributed by atoms with E-state index in [4.69, 9.17) is 10.5 Å². The Labute approximate surface area is 119 Å². The van der Waals surface area contributed by atoms with Crippen molar-refractivity contribution in [3.8, 4) is 11.5 Å². The van der Waals surface area contributed by atoms with Gasteiger partial charge in [-0.15, -0.1) is 0 Å². The molecular weight excluding hydrogens is 252 g/mol. The van der Waals surface area contributed by atoms with Gasteiger partial charge in [-0.3, -0.25) is 4.98 Å². The Morgan fingerprint density at radius 2 is 1.90 bits per heavy atom. The zero-order chi connectivity index (χ0) is 14.5. The Morgan fingerprint density at radius 1 is 1.20 bits per heavy atom. The van der Waals surface area contributed by atoms with Crippen molar-refractivity contribution in [2.24, 2.45) is 5.73 Å². The Balaban J connectivity index is 2.10. The Bertz CT molecular complexity index is 565. The van der Waals surface area contributed by atoms with Crippen LogP contribution >= 0.6 is 0 Å². The Kier molecular flexibility index (Phi) is 4.58. The fraction of sp³-hybridized carbons (Fsp3) is 0.312. The quantitative estimate of drug-likeness (QED) is 0.877. The van der Waals surface area contributed by atoms with Crippen LogP contribution in [0.15, 0.2) is 36.4 Å². The third kappa shape index (κ3) is 3.96. The van der Waals surface area contributed by atoms with Crippen LogP contribution in [0.2, 0.25) is 0 Å². The van der Waals surface area contributed by atoms with Crippen molar-refractivity contribution >= 4 is 0 Å². The second-order valence-corrected chi connectivity index (χ2v) is 5.03. The molecular formula is C16H20N2O2. The average Bonchev–Trinajstić information content (AvgIpc) is 2.39. The van der Waals surface area contributed by atoms with Crippen LogP contribution in [0, 0.1) is 6.92 Å². The van der Waals surface area contributed by atoms with Crippen LogP contribution in [0.5, 0.6) is 11.5 Å². The summed E-state index contributed by atoms with van der Waals surface area (Å²) in [5, 5.41) is 9.25. The van der Waals surface area contributed by atoms with Crippen LogP contribution in [-0.2, 0) is 13.0 Å². The van der Waals surface area contributed by atoms with Gasteiger partial charge in [0.15, 0.2) is 0 Å². The van der Waals surface area contributed by atoms with Gasteiger partial charge in [0.2, 0.25) is 0 Å². The number of aryl methyl sites for hydroxylation is 1. The molecule has 1 heterocycles. The number of hydrogen-bond donors (Lipinski definition) is 2. The molecule has 0 saturated heterocycles. The van der Waals surface area contributed by atoms with Crippen LogP contribution in [-0.4, -0.2) is 16.1 Å². The van der Waals surface area contributed by atoms with Crippen molar-refractivity contribution in [3.63, 3.8) is 0 Å². The summed E-state index contributed by atoms with van der Waals surface area (Å²) in [4.78, 5) is 4.49. The third-order valence-corrected chi connectivity index (χ3v) is 2.92. The predicted molar refractivity (Wildman–Crippen MR) is 78.8 cm³/mol. The first-order valence-electron chi connectivity index (χ1n) is 6.67. The lowest BCUT2D eigenvalue weighted by Crippen LogP contribution is -2.19. The van der Waals surface area contributed by atoms with E-state index in [0.717, 1.165) is 22.7 Å². The van der Waals surface area contributed by atoms with E-state index in [2.05, 4.69) is 4.98 Å². The van der Waals surface area contributed by atoms with Gasteiger partial charge in [-0.2, -0.15) is 0 Å². The van der Waals surface area contributed by atoms with Crippen LogP contribution < -0.4 is 10.5 Å². The molecule has 0 saturated carbocycles. The molecule has 0 fully saturated rings. The summed E-state index contributed by atoms with van der Waals surface area (Å²) >= 11 is 0. The van der Waals surface area contributed by atoms with E-state index in [1.807, 2.05) is 38.1 Å². The highest BCUT2D eigenvalue weighted by atomic mass is 16.5. The van der Waals surface area contributed by atoms with Gasteiger partial charge >= 0.3 is 0 Å². The Hall–Kier alpha value is -2.07. The van der Waals surface area contributed by atoms with Crippen molar-refractivity contribution in [3.05, 3.63) is 53.3 Å². The number of benzene rings is 1. The van der Waals surface area contributed by atoms with Crippen LogP contribution in [0.25, 0.3) is 0 Å². The third-order valence-electron chi connectivity index (χ3n) is 2.92. The van der Waals surface area contributed by atoms with Gasteiger partial charge < -0.3 is 15.6 Å². The minimum atomic E-state index is 0.0420. The lowest BCUT2D eigenvalue weighted by Gasteiger charge is -2.13. The first kappa shape index (κ1) is 14.3. The summed E-state index contributed by atoms with van der Waals surface area (Å²) in [6, 6.07) is 10.9. The first-order valence-corrected chi connectivity index (χ1v) is 6.67. The van der Waals surface area contributed by atoms with Crippen LogP contribution in [0.3, 0.4) is 0 Å². The number of aromatic nitrogens is 1. The second-order valence-electron chi connectivity index (χ2n) is 5.03. The van der Waals surface area contributed by atoms with Gasteiger partial charge in [-0.1, -0.05) is 12.1 Å². The summed E-state index contributed by atoms with van der Waals surface area (Å²) in [7, 11) is 0. The summed E-state index contributed by atoms with van der Waals surface area (Å²) in [6.45, 7) is 4.35. The average molecular weight is 272 g/mol. The molecule has 106 valence electrons. The summed E-state index contributed by atoms with van der Waals surface area (Å²) in [5.41, 5.74) is 8.68. The van der Waals surface area contributed by atoms with Gasteiger partial charge in [0.25, 0.3) is 0 Å². The first-order chi connectivity index (χ1) is 9.54. The lowest BCUT2D eigenvalue weighted by molar-refractivity contribution is 0.300. The molecule has 0 aliphatic heterocycles. The number of phenolic OH excluding ortho intramolecular Hbond substituents is 1. The van der Waals surface area contributed by atoms with Gasteiger partial charge in [0.1, 0.15) is 18.1 Å². The smallest absolute Gasteiger partial charge is 0.141 e. The van der Waals surface area contributed by atoms with Crippen LogP contribution in [0.4, 0.5) is 0 Å². The van der Waals surface area contributed by atoms with E-state index in [1.165, 1.54) is 0 Å². The minimum absolute atomic E-state index is 0.0420. The molecule has 4 nitrogen and oxygen atoms in total. The highest BCUT2D eigenvalue weighted by Crippen LogP contribution is 2.20. The topological polar surface area (TPSA) is 68.4 Å². The molecule has 0 amide bonds. The second kappa shape index (κ2) is 6.39. The standard InChI is InChI=1S/C16H20N2O2/c1-11(17)9-15-16(8-3-12(2)18-15)20-10-13-4-6-14(19)7-5-13/h3-8,11,19H,9-10,17H2,1-2H3. The zero-order valence-corrected chi connectivity index (χ0v) is 11.8. The van der Waals surface area contributed by atoms with E-state index < -0.39 is 0 Å². The van der Waals surface area contributed by atoms with Gasteiger partial charge in [0.05, 0.1) is 5.69 Å². The number of nitrogens with two attached hydrogens (primary N) is 1. The molecule has 1 unspecified atom stereocenters. The monoisotopic (exact) mass is 272 g/mol. The van der Waals surface area contributed by atoms with Crippen molar-refractivity contribution < 1.29 is 9.84 Å². The molecule has 0 aliphatic carbocycles. The largest absolute Gasteiger partial charge is 0.508 e. The molecule has 0 radical (unpaired) electrons. The lowest BCUT2D eigenvalue weighted by atomic mass is 10.1. The molecule has 1 aromatic carbocycles. The van der Waals surface area contributed by atoms with E-state index in [9.17, 15) is 5.11 Å². The number of pyridine rings is 1. The van der Waals surface area contributed by atoms with E-state index >= 15 is 0 Å². The highest BCUT2D eigenvalue weighted by Gasteiger charge is 2.08. The summed E-state index contributed by atoms with van der Waals surface area (Å²) in [5.74, 6) is 1.02. The summed E-state index contributed by atoms with van der Waals surface area (Å²) in [6.07, 6.45) is 0.687. The molecule has 4 heteroatoms. The molecule has 2 rings (SSSR count). The SMILES string of the molecule is Cc1ccc(OCc2ccc(O)cc2)c(CC(C)N)n1. The van der Waals surface area contributed by atoms with Crippen molar-refractivity contribution in [2.75, 3.05) is 0 Å². The number of hydrogen-bond acceptors (Lipinski definition) is 4. The van der Waals surface area contributed by atoms with E-state index in [-0.39, 0.29) is 11.8 Å². The molecule has 0 aliphatic rings. The fourth-order valence-corrected chi connectivity index (χ4v) is 1.93. The van der Waals surface area contributed by atoms with Crippen molar-refractivity contribution in [1.82, 2.24) is 4.98 Å². The summed E-state index contributed by atoms with van der Waals surface area (Å²) < 4.78 is 5.82. The molecule has 0 spiro atoms. The maximum absolute atomic E-state index is 9.25. The van der Waals surface area contributed by atoms with Crippen molar-refractivity contribution in [1.29, 1.82) is 0 Å². The number of aromatic hydroxyl groups is 1. The van der Waals surface area contributed by atoms with Gasteiger partial charge in [-0.25, -0.2) is 0 Å². The maximum Gasteiger partial charge on any atom is 0.141 e. The zero-order valence-electron chi connectivity index (χ0n) is 11.8. The number of rotatable bonds is 5. The van der Waals surface area contributed by atoms with E-state index in [1.54, 1.807) is 12.1 Å². The van der Waals surface area contributed by atoms with Crippen LogP contribution in [0.1, 0.15) is 23.9 Å². The molecule has 20 heavy (non-hydrogen) atoms.